The highest BCUT2D eigenvalue weighted by Gasteiger charge is 2.38. The van der Waals surface area contributed by atoms with Crippen LogP contribution in [0.4, 0.5) is 19.1 Å². The standard InChI is InChI=1S/C24H23F3N8O3/c25-24(26,27)22-33-21(34-38-22)17-13-29-20(30-14-17)15-31-23-28-6-5-19(32-23)16-1-3-18(4-2-16)37-12-9-35-7-10-36-11-8-35/h1-6,13-14H,7-12,15H2,(H,28,31,32). The zero-order chi connectivity index (χ0) is 26.4. The second-order valence-corrected chi connectivity index (χ2v) is 8.25. The normalized spacial score (nSPS) is 14.4. The van der Waals surface area contributed by atoms with Gasteiger partial charge in [0.25, 0.3) is 0 Å². The van der Waals surface area contributed by atoms with Gasteiger partial charge in [0.1, 0.15) is 18.2 Å². The Balaban J connectivity index is 1.14. The molecule has 1 N–H and O–H groups in total. The topological polar surface area (TPSA) is 124 Å². The summed E-state index contributed by atoms with van der Waals surface area (Å²) >= 11 is 0. The first kappa shape index (κ1) is 25.5. The highest BCUT2D eigenvalue weighted by atomic mass is 19.4. The first-order valence-corrected chi connectivity index (χ1v) is 11.8. The Morgan fingerprint density at radius 3 is 2.42 bits per heavy atom. The van der Waals surface area contributed by atoms with Crippen LogP contribution in [0.2, 0.25) is 0 Å². The smallest absolute Gasteiger partial charge is 0.471 e. The number of hydrogen-bond donors (Lipinski definition) is 1. The van der Waals surface area contributed by atoms with Gasteiger partial charge in [0.2, 0.25) is 11.8 Å². The fourth-order valence-electron chi connectivity index (χ4n) is 3.62. The molecule has 5 rings (SSSR count). The molecule has 1 aliphatic heterocycles. The van der Waals surface area contributed by atoms with Gasteiger partial charge in [-0.05, 0) is 30.3 Å². The summed E-state index contributed by atoms with van der Waals surface area (Å²) in [6.45, 7) is 5.04. The molecular formula is C24H23F3N8O3. The Labute approximate surface area is 215 Å². The van der Waals surface area contributed by atoms with Crippen molar-refractivity contribution in [1.29, 1.82) is 0 Å². The lowest BCUT2D eigenvalue weighted by molar-refractivity contribution is -0.159. The predicted octanol–water partition coefficient (Wildman–Crippen LogP) is 3.33. The van der Waals surface area contributed by atoms with E-state index in [0.29, 0.717) is 18.4 Å². The molecule has 4 aromatic rings. The Morgan fingerprint density at radius 2 is 1.71 bits per heavy atom. The molecule has 11 nitrogen and oxygen atoms in total. The molecule has 0 radical (unpaired) electrons. The van der Waals surface area contributed by atoms with Gasteiger partial charge in [-0.3, -0.25) is 4.90 Å². The van der Waals surface area contributed by atoms with Crippen molar-refractivity contribution in [1.82, 2.24) is 35.0 Å². The van der Waals surface area contributed by atoms with E-state index in [2.05, 4.69) is 44.8 Å². The lowest BCUT2D eigenvalue weighted by atomic mass is 10.1. The van der Waals surface area contributed by atoms with E-state index in [0.717, 1.165) is 49.9 Å². The zero-order valence-electron chi connectivity index (χ0n) is 20.1. The zero-order valence-corrected chi connectivity index (χ0v) is 20.1. The summed E-state index contributed by atoms with van der Waals surface area (Å²) in [5.41, 5.74) is 1.81. The largest absolute Gasteiger partial charge is 0.492 e. The number of anilines is 1. The number of nitrogens with zero attached hydrogens (tertiary/aromatic N) is 7. The van der Waals surface area contributed by atoms with Gasteiger partial charge in [0.05, 0.1) is 31.0 Å². The quantitative estimate of drug-likeness (QED) is 0.344. The molecule has 198 valence electrons. The van der Waals surface area contributed by atoms with Crippen LogP contribution in [0.15, 0.2) is 53.4 Å². The third kappa shape index (κ3) is 6.58. The first-order valence-electron chi connectivity index (χ1n) is 11.8. The molecule has 4 heterocycles. The number of nitrogens with one attached hydrogen (secondary N) is 1. The van der Waals surface area contributed by atoms with Crippen LogP contribution in [0.1, 0.15) is 11.7 Å². The van der Waals surface area contributed by atoms with Crippen molar-refractivity contribution >= 4 is 5.95 Å². The van der Waals surface area contributed by atoms with Crippen LogP contribution in [0.3, 0.4) is 0 Å². The molecule has 0 unspecified atom stereocenters. The van der Waals surface area contributed by atoms with Crippen molar-refractivity contribution in [3.05, 3.63) is 60.6 Å². The number of alkyl halides is 3. The molecule has 38 heavy (non-hydrogen) atoms. The SMILES string of the molecule is FC(F)(F)c1nc(-c2cnc(CNc3nccc(-c4ccc(OCCN5CCOCC5)cc4)n3)nc2)no1. The van der Waals surface area contributed by atoms with Gasteiger partial charge in [-0.2, -0.15) is 18.2 Å². The fraction of sp³-hybridized carbons (Fsp3) is 0.333. The van der Waals surface area contributed by atoms with Crippen LogP contribution in [-0.4, -0.2) is 74.4 Å². The minimum atomic E-state index is -4.72. The van der Waals surface area contributed by atoms with Crippen molar-refractivity contribution in [2.24, 2.45) is 0 Å². The van der Waals surface area contributed by atoms with Crippen LogP contribution in [0.25, 0.3) is 22.6 Å². The van der Waals surface area contributed by atoms with Crippen LogP contribution in [-0.2, 0) is 17.5 Å². The van der Waals surface area contributed by atoms with Gasteiger partial charge < -0.3 is 19.3 Å². The van der Waals surface area contributed by atoms with Gasteiger partial charge in [-0.15, -0.1) is 0 Å². The molecule has 0 bridgehead atoms. The summed E-state index contributed by atoms with van der Waals surface area (Å²) in [4.78, 5) is 22.6. The van der Waals surface area contributed by atoms with E-state index in [9.17, 15) is 13.2 Å². The maximum atomic E-state index is 12.6. The lowest BCUT2D eigenvalue weighted by Gasteiger charge is -2.26. The number of benzene rings is 1. The summed E-state index contributed by atoms with van der Waals surface area (Å²) in [7, 11) is 0. The molecule has 1 aliphatic rings. The van der Waals surface area contributed by atoms with Crippen molar-refractivity contribution in [2.75, 3.05) is 44.8 Å². The van der Waals surface area contributed by atoms with Crippen molar-refractivity contribution in [2.45, 2.75) is 12.7 Å². The Bertz CT molecular complexity index is 1330. The Morgan fingerprint density at radius 1 is 0.947 bits per heavy atom. The summed E-state index contributed by atoms with van der Waals surface area (Å²) < 4.78 is 53.4. The highest BCUT2D eigenvalue weighted by molar-refractivity contribution is 5.61. The summed E-state index contributed by atoms with van der Waals surface area (Å²) in [5.74, 6) is -0.150. The molecular weight excluding hydrogens is 505 g/mol. The predicted molar refractivity (Wildman–Crippen MR) is 128 cm³/mol. The van der Waals surface area contributed by atoms with Gasteiger partial charge >= 0.3 is 12.1 Å². The molecule has 1 fully saturated rings. The Kier molecular flexibility index (Phi) is 7.70. The van der Waals surface area contributed by atoms with E-state index in [1.807, 2.05) is 24.3 Å². The monoisotopic (exact) mass is 528 g/mol. The van der Waals surface area contributed by atoms with E-state index in [-0.39, 0.29) is 17.9 Å². The van der Waals surface area contributed by atoms with Crippen molar-refractivity contribution < 1.29 is 27.2 Å². The molecule has 1 aromatic carbocycles. The van der Waals surface area contributed by atoms with Crippen LogP contribution in [0.5, 0.6) is 5.75 Å². The minimum Gasteiger partial charge on any atom is -0.492 e. The fourth-order valence-corrected chi connectivity index (χ4v) is 3.62. The van der Waals surface area contributed by atoms with Crippen LogP contribution >= 0.6 is 0 Å². The number of morpholine rings is 1. The first-order chi connectivity index (χ1) is 18.4. The average Bonchev–Trinajstić information content (AvgIpc) is 3.45. The minimum absolute atomic E-state index is 0.194. The maximum absolute atomic E-state index is 12.6. The molecule has 0 saturated carbocycles. The molecule has 1 saturated heterocycles. The molecule has 14 heteroatoms. The second kappa shape index (κ2) is 11.5. The third-order valence-corrected chi connectivity index (χ3v) is 5.62. The van der Waals surface area contributed by atoms with E-state index in [1.165, 1.54) is 12.4 Å². The van der Waals surface area contributed by atoms with E-state index >= 15 is 0 Å². The Hall–Kier alpha value is -4.17. The van der Waals surface area contributed by atoms with Gasteiger partial charge in [-0.25, -0.2) is 19.9 Å². The molecule has 3 aromatic heterocycles. The highest BCUT2D eigenvalue weighted by Crippen LogP contribution is 2.29. The number of rotatable bonds is 9. The number of halogens is 3. The third-order valence-electron chi connectivity index (χ3n) is 5.62. The van der Waals surface area contributed by atoms with Crippen LogP contribution in [0, 0.1) is 0 Å². The van der Waals surface area contributed by atoms with Crippen molar-refractivity contribution in [3.8, 4) is 28.4 Å². The summed E-state index contributed by atoms with van der Waals surface area (Å²) in [5, 5.41) is 6.36. The molecule has 0 spiro atoms. The second-order valence-electron chi connectivity index (χ2n) is 8.25. The molecule has 0 amide bonds. The number of aromatic nitrogens is 6. The van der Waals surface area contributed by atoms with E-state index < -0.39 is 12.1 Å². The van der Waals surface area contributed by atoms with Crippen LogP contribution < -0.4 is 10.1 Å². The number of hydrogen-bond acceptors (Lipinski definition) is 11. The maximum Gasteiger partial charge on any atom is 0.471 e. The summed E-state index contributed by atoms with van der Waals surface area (Å²) in [6.07, 6.45) is -0.451. The van der Waals surface area contributed by atoms with Gasteiger partial charge in [0.15, 0.2) is 0 Å². The lowest BCUT2D eigenvalue weighted by Crippen LogP contribution is -2.38. The van der Waals surface area contributed by atoms with Crippen molar-refractivity contribution in [3.63, 3.8) is 0 Å². The van der Waals surface area contributed by atoms with Gasteiger partial charge in [0, 0.05) is 43.8 Å². The van der Waals surface area contributed by atoms with E-state index in [4.69, 9.17) is 9.47 Å². The molecule has 0 atom stereocenters. The number of ether oxygens (including phenoxy) is 2. The van der Waals surface area contributed by atoms with E-state index in [1.54, 1.807) is 12.3 Å². The molecule has 0 aliphatic carbocycles. The summed E-state index contributed by atoms with van der Waals surface area (Å²) in [6, 6.07) is 9.46. The van der Waals surface area contributed by atoms with Gasteiger partial charge in [-0.1, -0.05) is 5.16 Å². The average molecular weight is 528 g/mol.